The van der Waals surface area contributed by atoms with Gasteiger partial charge in [-0.15, -0.1) is 0 Å². The third kappa shape index (κ3) is 6.08. The summed E-state index contributed by atoms with van der Waals surface area (Å²) in [5.41, 5.74) is 1.33. The van der Waals surface area contributed by atoms with Gasteiger partial charge in [-0.05, 0) is 43.3 Å². The van der Waals surface area contributed by atoms with Crippen molar-refractivity contribution in [3.63, 3.8) is 0 Å². The van der Waals surface area contributed by atoms with Gasteiger partial charge >= 0.3 is 6.61 Å². The number of anilines is 1. The summed E-state index contributed by atoms with van der Waals surface area (Å²) in [6.45, 7) is -1.15. The van der Waals surface area contributed by atoms with Crippen LogP contribution in [0.4, 0.5) is 14.5 Å². The van der Waals surface area contributed by atoms with Crippen LogP contribution >= 0.6 is 0 Å². The number of carbonyl (C=O) groups excluding carboxylic acids is 1. The number of aryl methyl sites for hydroxylation is 1. The molecule has 0 saturated carbocycles. The van der Waals surface area contributed by atoms with Gasteiger partial charge in [0.15, 0.2) is 0 Å². The molecule has 0 fully saturated rings. The third-order valence-electron chi connectivity index (χ3n) is 3.34. The Morgan fingerprint density at radius 3 is 2.27 bits per heavy atom. The Bertz CT molecular complexity index is 838. The van der Waals surface area contributed by atoms with Crippen LogP contribution in [0.3, 0.4) is 0 Å². The van der Waals surface area contributed by atoms with Gasteiger partial charge in [0.05, 0.1) is 4.90 Å². The predicted molar refractivity (Wildman–Crippen MR) is 92.7 cm³/mol. The maximum Gasteiger partial charge on any atom is 0.387 e. The number of ether oxygens (including phenoxy) is 1. The fourth-order valence-corrected chi connectivity index (χ4v) is 3.07. The first-order valence-electron chi connectivity index (χ1n) is 7.67. The van der Waals surface area contributed by atoms with Gasteiger partial charge in [0.1, 0.15) is 5.75 Å². The highest BCUT2D eigenvalue weighted by Gasteiger charge is 2.14. The minimum absolute atomic E-state index is 0.0242. The van der Waals surface area contributed by atoms with Gasteiger partial charge in [0.25, 0.3) is 0 Å². The van der Waals surface area contributed by atoms with Crippen molar-refractivity contribution < 1.29 is 26.7 Å². The smallest absolute Gasteiger partial charge is 0.387 e. The number of halogens is 2. The molecule has 2 aromatic carbocycles. The Hall–Kier alpha value is -2.52. The minimum Gasteiger partial charge on any atom is -0.435 e. The fraction of sp³-hybridized carbons (Fsp3) is 0.235. The summed E-state index contributed by atoms with van der Waals surface area (Å²) in [6, 6.07) is 11.7. The van der Waals surface area contributed by atoms with E-state index in [1.165, 1.54) is 36.4 Å². The van der Waals surface area contributed by atoms with E-state index in [1.54, 1.807) is 12.1 Å². The Morgan fingerprint density at radius 1 is 1.08 bits per heavy atom. The van der Waals surface area contributed by atoms with Crippen LogP contribution in [0, 0.1) is 6.92 Å². The first-order chi connectivity index (χ1) is 12.3. The second kappa shape index (κ2) is 8.72. The summed E-state index contributed by atoms with van der Waals surface area (Å²) in [5, 5.41) is 2.54. The van der Waals surface area contributed by atoms with Crippen LogP contribution in [0.25, 0.3) is 0 Å². The van der Waals surface area contributed by atoms with Gasteiger partial charge in [-0.3, -0.25) is 4.79 Å². The average Bonchev–Trinajstić information content (AvgIpc) is 2.56. The van der Waals surface area contributed by atoms with E-state index in [4.69, 9.17) is 0 Å². The molecule has 0 heterocycles. The van der Waals surface area contributed by atoms with Crippen molar-refractivity contribution in [2.75, 3.05) is 11.9 Å². The lowest BCUT2D eigenvalue weighted by molar-refractivity contribution is -0.116. The molecule has 2 N–H and O–H groups in total. The third-order valence-corrected chi connectivity index (χ3v) is 4.82. The van der Waals surface area contributed by atoms with Gasteiger partial charge in [-0.25, -0.2) is 13.1 Å². The van der Waals surface area contributed by atoms with Crippen molar-refractivity contribution in [1.82, 2.24) is 4.72 Å². The van der Waals surface area contributed by atoms with Gasteiger partial charge in [-0.1, -0.05) is 17.7 Å². The number of hydrogen-bond donors (Lipinski definition) is 2. The summed E-state index contributed by atoms with van der Waals surface area (Å²) >= 11 is 0. The number of benzene rings is 2. The number of alkyl halides is 2. The molecule has 0 aliphatic heterocycles. The van der Waals surface area contributed by atoms with Crippen molar-refractivity contribution >= 4 is 21.6 Å². The van der Waals surface area contributed by atoms with Crippen LogP contribution in [0.5, 0.6) is 5.75 Å². The highest BCUT2D eigenvalue weighted by atomic mass is 32.2. The monoisotopic (exact) mass is 384 g/mol. The number of rotatable bonds is 8. The predicted octanol–water partition coefficient (Wildman–Crippen LogP) is 2.90. The molecule has 0 aromatic heterocycles. The molecule has 0 unspecified atom stereocenters. The lowest BCUT2D eigenvalue weighted by atomic mass is 10.2. The number of carbonyl (C=O) groups is 1. The Balaban J connectivity index is 1.82. The number of hydrogen-bond acceptors (Lipinski definition) is 4. The van der Waals surface area contributed by atoms with E-state index >= 15 is 0 Å². The van der Waals surface area contributed by atoms with Crippen molar-refractivity contribution in [3.8, 4) is 5.75 Å². The highest BCUT2D eigenvalue weighted by molar-refractivity contribution is 7.89. The number of nitrogens with one attached hydrogen (secondary N) is 2. The zero-order valence-electron chi connectivity index (χ0n) is 13.9. The van der Waals surface area contributed by atoms with E-state index in [0.717, 1.165) is 5.56 Å². The summed E-state index contributed by atoms with van der Waals surface area (Å²) in [4.78, 5) is 12.0. The van der Waals surface area contributed by atoms with E-state index in [-0.39, 0.29) is 23.6 Å². The quantitative estimate of drug-likeness (QED) is 0.733. The Morgan fingerprint density at radius 2 is 1.69 bits per heavy atom. The molecule has 0 aliphatic carbocycles. The van der Waals surface area contributed by atoms with Crippen LogP contribution < -0.4 is 14.8 Å². The van der Waals surface area contributed by atoms with Crippen LogP contribution in [0.2, 0.25) is 0 Å². The van der Waals surface area contributed by atoms with Gasteiger partial charge in [-0.2, -0.15) is 8.78 Å². The molecule has 2 rings (SSSR count). The zero-order valence-corrected chi connectivity index (χ0v) is 14.7. The van der Waals surface area contributed by atoms with Crippen LogP contribution in [-0.2, 0) is 14.8 Å². The maximum atomic E-state index is 12.1. The molecular weight excluding hydrogens is 366 g/mol. The molecule has 0 saturated heterocycles. The molecule has 0 spiro atoms. The molecule has 1 amide bonds. The Labute approximate surface area is 150 Å². The largest absolute Gasteiger partial charge is 0.435 e. The van der Waals surface area contributed by atoms with Gasteiger partial charge in [0, 0.05) is 18.7 Å². The standard InChI is InChI=1S/C17H18F2N2O4S/c1-12-2-8-15(9-3-12)26(23,24)20-11-10-16(22)21-13-4-6-14(7-5-13)25-17(18)19/h2-9,17,20H,10-11H2,1H3,(H,21,22). The van der Waals surface area contributed by atoms with Crippen molar-refractivity contribution in [3.05, 3.63) is 54.1 Å². The van der Waals surface area contributed by atoms with Crippen LogP contribution in [0.1, 0.15) is 12.0 Å². The van der Waals surface area contributed by atoms with Crippen molar-refractivity contribution in [1.29, 1.82) is 0 Å². The summed E-state index contributed by atoms with van der Waals surface area (Å²) < 4.78 is 54.9. The summed E-state index contributed by atoms with van der Waals surface area (Å²) in [5.74, 6) is -0.442. The molecule has 0 atom stereocenters. The second-order valence-electron chi connectivity index (χ2n) is 5.41. The topological polar surface area (TPSA) is 84.5 Å². The maximum absolute atomic E-state index is 12.1. The van der Waals surface area contributed by atoms with Crippen molar-refractivity contribution in [2.45, 2.75) is 24.9 Å². The molecule has 0 bridgehead atoms. The van der Waals surface area contributed by atoms with Crippen LogP contribution in [0.15, 0.2) is 53.4 Å². The van der Waals surface area contributed by atoms with Gasteiger partial charge < -0.3 is 10.1 Å². The minimum atomic E-state index is -3.68. The molecule has 0 radical (unpaired) electrons. The second-order valence-corrected chi connectivity index (χ2v) is 7.18. The lowest BCUT2D eigenvalue weighted by Gasteiger charge is -2.09. The average molecular weight is 384 g/mol. The fourth-order valence-electron chi connectivity index (χ4n) is 2.04. The highest BCUT2D eigenvalue weighted by Crippen LogP contribution is 2.17. The SMILES string of the molecule is Cc1ccc(S(=O)(=O)NCCC(=O)Nc2ccc(OC(F)F)cc2)cc1. The van der Waals surface area contributed by atoms with Crippen molar-refractivity contribution in [2.24, 2.45) is 0 Å². The van der Waals surface area contributed by atoms with E-state index < -0.39 is 22.5 Å². The molecule has 0 aliphatic rings. The van der Waals surface area contributed by atoms with E-state index in [1.807, 2.05) is 6.92 Å². The first kappa shape index (κ1) is 19.8. The molecule has 9 heteroatoms. The zero-order chi connectivity index (χ0) is 19.2. The van der Waals surface area contributed by atoms with E-state index in [0.29, 0.717) is 5.69 Å². The molecule has 140 valence electrons. The lowest BCUT2D eigenvalue weighted by Crippen LogP contribution is -2.27. The molecule has 26 heavy (non-hydrogen) atoms. The van der Waals surface area contributed by atoms with E-state index in [2.05, 4.69) is 14.8 Å². The van der Waals surface area contributed by atoms with E-state index in [9.17, 15) is 22.0 Å². The number of sulfonamides is 1. The molecule has 2 aromatic rings. The number of amides is 1. The van der Waals surface area contributed by atoms with Crippen LogP contribution in [-0.4, -0.2) is 27.5 Å². The Kier molecular flexibility index (Phi) is 6.64. The summed E-state index contributed by atoms with van der Waals surface area (Å²) in [7, 11) is -3.68. The van der Waals surface area contributed by atoms with Gasteiger partial charge in [0.2, 0.25) is 15.9 Å². The summed E-state index contributed by atoms with van der Waals surface area (Å²) in [6.07, 6.45) is -0.0830. The normalized spacial score (nSPS) is 11.4. The molecular formula is C17H18F2N2O4S. The molecule has 6 nitrogen and oxygen atoms in total. The first-order valence-corrected chi connectivity index (χ1v) is 9.15.